The third-order valence-corrected chi connectivity index (χ3v) is 7.44. The van der Waals surface area contributed by atoms with E-state index in [2.05, 4.69) is 33.9 Å². The number of hydrogen-bond donors (Lipinski definition) is 9. The number of nitrogens with zero attached hydrogens (tertiary/aromatic N) is 2. The monoisotopic (exact) mass is 683 g/mol. The molecule has 1 heterocycles. The number of thiol groups is 1. The number of nitrogens with one attached hydrogen (secondary N) is 5. The second-order valence-corrected chi connectivity index (χ2v) is 11.0. The predicted molar refractivity (Wildman–Crippen MR) is 176 cm³/mol. The average molecular weight is 684 g/mol. The number of fused-ring (bicyclic) bond motifs is 1. The van der Waals surface area contributed by atoms with Crippen LogP contribution in [0.5, 0.6) is 0 Å². The average Bonchev–Trinajstić information content (AvgIpc) is 3.14. The van der Waals surface area contributed by atoms with Crippen molar-refractivity contribution in [3.8, 4) is 0 Å². The van der Waals surface area contributed by atoms with Crippen molar-refractivity contribution in [2.45, 2.75) is 18.9 Å². The first-order chi connectivity index (χ1) is 22.8. The first-order valence-electron chi connectivity index (χ1n) is 14.6. The van der Waals surface area contributed by atoms with Crippen molar-refractivity contribution >= 4 is 65.6 Å². The topological polar surface area (TPSA) is 270 Å². The van der Waals surface area contributed by atoms with Crippen LogP contribution in [0.1, 0.15) is 33.5 Å². The van der Waals surface area contributed by atoms with Crippen molar-refractivity contribution in [1.82, 2.24) is 26.2 Å². The number of carboxylic acids is 1. The molecule has 0 saturated heterocycles. The van der Waals surface area contributed by atoms with Crippen molar-refractivity contribution in [1.29, 1.82) is 5.41 Å². The number of carbonyl (C=O) groups excluding carboxylic acids is 6. The number of nitrogens with two attached hydrogens (primary N) is 2. The zero-order valence-electron chi connectivity index (χ0n) is 25.8. The van der Waals surface area contributed by atoms with Gasteiger partial charge in [-0.2, -0.15) is 12.6 Å². The first-order valence-corrected chi connectivity index (χ1v) is 15.2. The Labute approximate surface area is 280 Å². The van der Waals surface area contributed by atoms with Gasteiger partial charge in [0.15, 0.2) is 0 Å². The predicted octanol–water partition coefficient (Wildman–Crippen LogP) is -2.50. The number of primary amides is 1. The molecule has 1 atom stereocenters. The molecule has 0 saturated carbocycles. The van der Waals surface area contributed by atoms with Crippen LogP contribution in [0.2, 0.25) is 0 Å². The molecule has 0 aromatic heterocycles. The van der Waals surface area contributed by atoms with Crippen LogP contribution in [0.25, 0.3) is 0 Å². The first kappa shape index (κ1) is 37.0. The van der Waals surface area contributed by atoms with E-state index in [0.717, 1.165) is 11.1 Å². The Kier molecular flexibility index (Phi) is 13.4. The SMILES string of the molecule is N=C(N)c1ccc(Cc2ccc3c(c2)C(=O)N(CCC(=O)O)CC(=O)N3CNCC(=O)NCC(=O)NCC(=O)NC(CS)C(N)=O)cc1. The molecule has 1 unspecified atom stereocenters. The molecule has 48 heavy (non-hydrogen) atoms. The van der Waals surface area contributed by atoms with Gasteiger partial charge >= 0.3 is 5.97 Å². The molecule has 10 N–H and O–H groups in total. The fourth-order valence-corrected chi connectivity index (χ4v) is 4.83. The summed E-state index contributed by atoms with van der Waals surface area (Å²) in [7, 11) is 0. The van der Waals surface area contributed by atoms with E-state index in [0.29, 0.717) is 12.0 Å². The van der Waals surface area contributed by atoms with E-state index in [1.165, 1.54) is 9.80 Å². The lowest BCUT2D eigenvalue weighted by molar-refractivity contribution is -0.137. The minimum atomic E-state index is -1.13. The molecule has 0 spiro atoms. The van der Waals surface area contributed by atoms with Crippen LogP contribution in [-0.4, -0.2) is 108 Å². The summed E-state index contributed by atoms with van der Waals surface area (Å²) in [6.07, 6.45) is 0.0544. The molecule has 2 aromatic rings. The van der Waals surface area contributed by atoms with Crippen LogP contribution in [0, 0.1) is 5.41 Å². The van der Waals surface area contributed by atoms with Crippen molar-refractivity contribution < 1.29 is 38.7 Å². The minimum absolute atomic E-state index is 0.0219. The van der Waals surface area contributed by atoms with Gasteiger partial charge in [-0.15, -0.1) is 0 Å². The third-order valence-electron chi connectivity index (χ3n) is 7.07. The smallest absolute Gasteiger partial charge is 0.305 e. The molecule has 17 nitrogen and oxygen atoms in total. The summed E-state index contributed by atoms with van der Waals surface area (Å²) >= 11 is 3.91. The molecule has 0 fully saturated rings. The number of amidine groups is 1. The lowest BCUT2D eigenvalue weighted by atomic mass is 10.00. The molecule has 3 rings (SSSR count). The van der Waals surface area contributed by atoms with E-state index in [1.807, 2.05) is 0 Å². The summed E-state index contributed by atoms with van der Waals surface area (Å²) in [5.41, 5.74) is 13.3. The van der Waals surface area contributed by atoms with Gasteiger partial charge in [-0.1, -0.05) is 30.3 Å². The largest absolute Gasteiger partial charge is 0.481 e. The summed E-state index contributed by atoms with van der Waals surface area (Å²) in [6, 6.07) is 11.0. The Bertz CT molecular complexity index is 1580. The zero-order chi connectivity index (χ0) is 35.4. The van der Waals surface area contributed by atoms with Crippen LogP contribution in [0.4, 0.5) is 5.69 Å². The van der Waals surface area contributed by atoms with Gasteiger partial charge < -0.3 is 37.4 Å². The van der Waals surface area contributed by atoms with Gasteiger partial charge in [0, 0.05) is 17.9 Å². The van der Waals surface area contributed by atoms with Crippen molar-refractivity contribution in [3.63, 3.8) is 0 Å². The lowest BCUT2D eigenvalue weighted by Gasteiger charge is -2.23. The quantitative estimate of drug-likeness (QED) is 0.0481. The Hall–Kier alpha value is -5.49. The Balaban J connectivity index is 1.63. The van der Waals surface area contributed by atoms with Crippen LogP contribution in [-0.2, 0) is 35.2 Å². The maximum Gasteiger partial charge on any atom is 0.305 e. The minimum Gasteiger partial charge on any atom is -0.481 e. The Morgan fingerprint density at radius 2 is 1.54 bits per heavy atom. The molecule has 0 aliphatic carbocycles. The van der Waals surface area contributed by atoms with E-state index >= 15 is 0 Å². The standard InChI is InChI=1S/C30H37N9O8S/c31-28(32)19-4-1-17(2-5-19)9-18-3-6-22-20(10-18)30(47)38(8-7-27(44)45)14-26(43)39(22)16-34-11-23(40)35-12-24(41)36-13-25(42)37-21(15-48)29(33)46/h1-6,10,21,34,48H,7-9,11-16H2,(H3,31,32)(H2,33,46)(H,35,40)(H,36,41)(H,37,42)(H,44,45). The summed E-state index contributed by atoms with van der Waals surface area (Å²) in [5, 5.41) is 26.5. The fourth-order valence-electron chi connectivity index (χ4n) is 4.56. The van der Waals surface area contributed by atoms with Crippen molar-refractivity contribution in [2.24, 2.45) is 11.5 Å². The molecular weight excluding hydrogens is 646 g/mol. The van der Waals surface area contributed by atoms with Gasteiger partial charge in [0.1, 0.15) is 18.4 Å². The Morgan fingerprint density at radius 3 is 2.15 bits per heavy atom. The summed E-state index contributed by atoms with van der Waals surface area (Å²) < 4.78 is 0. The molecule has 0 radical (unpaired) electrons. The van der Waals surface area contributed by atoms with E-state index in [-0.39, 0.29) is 49.0 Å². The highest BCUT2D eigenvalue weighted by Gasteiger charge is 2.32. The maximum absolute atomic E-state index is 13.5. The number of nitrogen functional groups attached to an aromatic ring is 1. The van der Waals surface area contributed by atoms with Crippen molar-refractivity contribution in [2.75, 3.05) is 50.0 Å². The second-order valence-electron chi connectivity index (χ2n) is 10.7. The van der Waals surface area contributed by atoms with Crippen molar-refractivity contribution in [3.05, 3.63) is 64.7 Å². The molecule has 1 aliphatic rings. The van der Waals surface area contributed by atoms with Gasteiger partial charge in [-0.05, 0) is 29.7 Å². The van der Waals surface area contributed by atoms with Gasteiger partial charge in [-0.25, -0.2) is 0 Å². The van der Waals surface area contributed by atoms with E-state index in [9.17, 15) is 38.7 Å². The van der Waals surface area contributed by atoms with E-state index in [4.69, 9.17) is 16.9 Å². The summed E-state index contributed by atoms with van der Waals surface area (Å²) in [5.74, 6) is -4.99. The lowest BCUT2D eigenvalue weighted by Crippen LogP contribution is -2.50. The maximum atomic E-state index is 13.5. The third kappa shape index (κ3) is 10.8. The van der Waals surface area contributed by atoms with Gasteiger partial charge in [0.05, 0.1) is 44.0 Å². The van der Waals surface area contributed by atoms with Crippen LogP contribution in [0.3, 0.4) is 0 Å². The second kappa shape index (κ2) is 17.4. The number of amides is 6. The highest BCUT2D eigenvalue weighted by Crippen LogP contribution is 2.28. The number of aliphatic carboxylic acids is 1. The molecule has 6 amide bonds. The summed E-state index contributed by atoms with van der Waals surface area (Å²) in [4.78, 5) is 88.0. The van der Waals surface area contributed by atoms with E-state index < -0.39 is 67.1 Å². The number of anilines is 1. The molecule has 1 aliphatic heterocycles. The van der Waals surface area contributed by atoms with Gasteiger partial charge in [0.2, 0.25) is 29.5 Å². The number of carboxylic acid groups (broad SMARTS) is 1. The molecule has 256 valence electrons. The number of benzene rings is 2. The van der Waals surface area contributed by atoms with Crippen LogP contribution >= 0.6 is 12.6 Å². The number of hydrogen-bond acceptors (Lipinski definition) is 10. The van der Waals surface area contributed by atoms with Crippen LogP contribution in [0.15, 0.2) is 42.5 Å². The fraction of sp³-hybridized carbons (Fsp3) is 0.333. The summed E-state index contributed by atoms with van der Waals surface area (Å²) in [6.45, 7) is -2.01. The van der Waals surface area contributed by atoms with Crippen LogP contribution < -0.4 is 37.6 Å². The number of carbonyl (C=O) groups is 7. The molecule has 2 aromatic carbocycles. The normalized spacial score (nSPS) is 13.2. The molecule has 0 bridgehead atoms. The Morgan fingerprint density at radius 1 is 0.917 bits per heavy atom. The number of rotatable bonds is 17. The molecule has 18 heteroatoms. The molecular formula is C30H37N9O8S. The highest BCUT2D eigenvalue weighted by molar-refractivity contribution is 7.80. The highest BCUT2D eigenvalue weighted by atomic mass is 32.1. The van der Waals surface area contributed by atoms with E-state index in [1.54, 1.807) is 42.5 Å². The zero-order valence-corrected chi connectivity index (χ0v) is 26.7. The van der Waals surface area contributed by atoms with Gasteiger partial charge in [-0.3, -0.25) is 49.2 Å². The van der Waals surface area contributed by atoms with Gasteiger partial charge in [0.25, 0.3) is 5.91 Å².